The van der Waals surface area contributed by atoms with E-state index in [1.54, 1.807) is 24.7 Å². The first kappa shape index (κ1) is 20.3. The number of hydrogen-bond acceptors (Lipinski definition) is 4. The van der Waals surface area contributed by atoms with Gasteiger partial charge >= 0.3 is 0 Å². The quantitative estimate of drug-likeness (QED) is 0.326. The maximum absolute atomic E-state index is 13.2. The summed E-state index contributed by atoms with van der Waals surface area (Å²) in [6.07, 6.45) is 5.14. The van der Waals surface area contributed by atoms with Crippen LogP contribution in [0, 0.1) is 0 Å². The van der Waals surface area contributed by atoms with E-state index in [1.807, 2.05) is 72.8 Å². The van der Waals surface area contributed by atoms with Crippen molar-refractivity contribution < 1.29 is 0 Å². The summed E-state index contributed by atoms with van der Waals surface area (Å²) < 4.78 is 0. The molecule has 4 aromatic heterocycles. The van der Waals surface area contributed by atoms with Crippen molar-refractivity contribution in [1.82, 2.24) is 19.9 Å². The minimum atomic E-state index is -0.116. The van der Waals surface area contributed by atoms with Gasteiger partial charge in [-0.2, -0.15) is 0 Å². The highest BCUT2D eigenvalue weighted by atomic mass is 35.5. The number of nitrogens with one attached hydrogen (secondary N) is 1. The topological polar surface area (TPSA) is 71.5 Å². The number of aromatic nitrogens is 4. The Kier molecular flexibility index (Phi) is 4.90. The SMILES string of the molecule is O=c1cc(-c2cccnc2)[nH]c2nc(-c3ccccc3)c(-c3cc(Cl)c4ncccc4c3)cc12. The number of fused-ring (bicyclic) bond motifs is 2. The van der Waals surface area contributed by atoms with Gasteiger partial charge in [-0.3, -0.25) is 14.8 Å². The van der Waals surface area contributed by atoms with Gasteiger partial charge in [0.1, 0.15) is 5.65 Å². The van der Waals surface area contributed by atoms with Crippen LogP contribution in [-0.4, -0.2) is 19.9 Å². The van der Waals surface area contributed by atoms with Gasteiger partial charge in [0, 0.05) is 46.7 Å². The molecule has 4 heterocycles. The Morgan fingerprint density at radius 3 is 2.44 bits per heavy atom. The fourth-order valence-electron chi connectivity index (χ4n) is 4.19. The molecule has 0 aliphatic rings. The highest BCUT2D eigenvalue weighted by Gasteiger charge is 2.16. The lowest BCUT2D eigenvalue weighted by atomic mass is 9.96. The Morgan fingerprint density at radius 2 is 1.62 bits per heavy atom. The van der Waals surface area contributed by atoms with E-state index in [0.29, 0.717) is 21.7 Å². The second-order valence-corrected chi connectivity index (χ2v) is 8.38. The molecule has 2 aromatic carbocycles. The number of benzene rings is 2. The van der Waals surface area contributed by atoms with Crippen LogP contribution >= 0.6 is 11.6 Å². The molecule has 6 heteroatoms. The zero-order valence-electron chi connectivity index (χ0n) is 17.9. The van der Waals surface area contributed by atoms with Gasteiger partial charge in [-0.05, 0) is 42.0 Å². The minimum Gasteiger partial charge on any atom is -0.339 e. The summed E-state index contributed by atoms with van der Waals surface area (Å²) in [6, 6.07) is 24.9. The second-order valence-electron chi connectivity index (χ2n) is 7.97. The monoisotopic (exact) mass is 460 g/mol. The molecular weight excluding hydrogens is 444 g/mol. The summed E-state index contributed by atoms with van der Waals surface area (Å²) in [5.41, 5.74) is 6.02. The van der Waals surface area contributed by atoms with Crippen molar-refractivity contribution in [1.29, 1.82) is 0 Å². The number of H-pyrrole nitrogens is 1. The van der Waals surface area contributed by atoms with Crippen molar-refractivity contribution in [2.24, 2.45) is 0 Å². The Balaban J connectivity index is 1.65. The number of aromatic amines is 1. The van der Waals surface area contributed by atoms with Crippen LogP contribution in [0.5, 0.6) is 0 Å². The molecule has 0 bridgehead atoms. The highest BCUT2D eigenvalue weighted by molar-refractivity contribution is 6.35. The predicted molar refractivity (Wildman–Crippen MR) is 137 cm³/mol. The highest BCUT2D eigenvalue weighted by Crippen LogP contribution is 2.36. The van der Waals surface area contributed by atoms with Crippen molar-refractivity contribution in [3.05, 3.63) is 113 Å². The van der Waals surface area contributed by atoms with E-state index in [2.05, 4.69) is 15.0 Å². The molecule has 0 aliphatic carbocycles. The largest absolute Gasteiger partial charge is 0.339 e. The van der Waals surface area contributed by atoms with Crippen LogP contribution in [0.15, 0.2) is 102 Å². The number of nitrogens with zero attached hydrogens (tertiary/aromatic N) is 3. The van der Waals surface area contributed by atoms with Gasteiger partial charge < -0.3 is 4.98 Å². The lowest BCUT2D eigenvalue weighted by Gasteiger charge is -2.13. The third kappa shape index (κ3) is 3.52. The summed E-state index contributed by atoms with van der Waals surface area (Å²) in [5, 5.41) is 1.97. The fraction of sp³-hybridized carbons (Fsp3) is 0. The molecular formula is C28H17ClN4O. The third-order valence-electron chi connectivity index (χ3n) is 5.81. The molecule has 0 spiro atoms. The summed E-state index contributed by atoms with van der Waals surface area (Å²) in [6.45, 7) is 0. The zero-order chi connectivity index (χ0) is 23.1. The number of halogens is 1. The standard InChI is InChI=1S/C28H17ClN4O/c29-23-13-20(12-18-8-5-11-31-27(18)23)21-14-22-25(34)15-24(19-9-4-10-30-16-19)32-28(22)33-26(21)17-6-2-1-3-7-17/h1-16H,(H,32,33,34). The average molecular weight is 461 g/mol. The first-order chi connectivity index (χ1) is 16.7. The van der Waals surface area contributed by atoms with Crippen LogP contribution < -0.4 is 5.43 Å². The lowest BCUT2D eigenvalue weighted by Crippen LogP contribution is -2.06. The Hall–Kier alpha value is -4.35. The normalized spacial score (nSPS) is 11.2. The molecule has 162 valence electrons. The van der Waals surface area contributed by atoms with Crippen LogP contribution in [0.4, 0.5) is 0 Å². The van der Waals surface area contributed by atoms with E-state index < -0.39 is 0 Å². The molecule has 0 saturated carbocycles. The van der Waals surface area contributed by atoms with Gasteiger partial charge in [-0.1, -0.05) is 48.0 Å². The first-order valence-corrected chi connectivity index (χ1v) is 11.1. The summed E-state index contributed by atoms with van der Waals surface area (Å²) >= 11 is 6.59. The Labute approximate surface area is 199 Å². The van der Waals surface area contributed by atoms with Gasteiger partial charge in [0.15, 0.2) is 5.43 Å². The van der Waals surface area contributed by atoms with Gasteiger partial charge in [-0.15, -0.1) is 0 Å². The first-order valence-electron chi connectivity index (χ1n) is 10.8. The van der Waals surface area contributed by atoms with Crippen LogP contribution in [0.3, 0.4) is 0 Å². The van der Waals surface area contributed by atoms with Crippen LogP contribution in [-0.2, 0) is 0 Å². The average Bonchev–Trinajstić information content (AvgIpc) is 2.89. The molecule has 5 nitrogen and oxygen atoms in total. The number of pyridine rings is 4. The molecule has 0 radical (unpaired) electrons. The number of rotatable bonds is 3. The molecule has 0 atom stereocenters. The summed E-state index contributed by atoms with van der Waals surface area (Å²) in [4.78, 5) is 30.0. The predicted octanol–water partition coefficient (Wildman–Crippen LogP) is 6.52. The molecule has 34 heavy (non-hydrogen) atoms. The van der Waals surface area contributed by atoms with Gasteiger partial charge in [-0.25, -0.2) is 4.98 Å². The van der Waals surface area contributed by atoms with Crippen molar-refractivity contribution in [2.45, 2.75) is 0 Å². The molecule has 6 rings (SSSR count). The summed E-state index contributed by atoms with van der Waals surface area (Å²) in [5.74, 6) is 0. The maximum Gasteiger partial charge on any atom is 0.191 e. The molecule has 0 amide bonds. The molecule has 0 aliphatic heterocycles. The minimum absolute atomic E-state index is 0.116. The Bertz CT molecular complexity index is 1730. The third-order valence-corrected chi connectivity index (χ3v) is 6.09. The molecule has 6 aromatic rings. The molecule has 0 saturated heterocycles. The van der Waals surface area contributed by atoms with Crippen LogP contribution in [0.1, 0.15) is 0 Å². The van der Waals surface area contributed by atoms with Crippen molar-refractivity contribution in [2.75, 3.05) is 0 Å². The van der Waals surface area contributed by atoms with Crippen molar-refractivity contribution in [3.8, 4) is 33.6 Å². The van der Waals surface area contributed by atoms with Gasteiger partial charge in [0.2, 0.25) is 0 Å². The van der Waals surface area contributed by atoms with Crippen LogP contribution in [0.2, 0.25) is 5.02 Å². The van der Waals surface area contributed by atoms with Crippen molar-refractivity contribution in [3.63, 3.8) is 0 Å². The lowest BCUT2D eigenvalue weighted by molar-refractivity contribution is 1.26. The van der Waals surface area contributed by atoms with Crippen molar-refractivity contribution >= 4 is 33.5 Å². The number of hydrogen-bond donors (Lipinski definition) is 1. The molecule has 0 unspecified atom stereocenters. The second kappa shape index (κ2) is 8.21. The molecule has 0 fully saturated rings. The van der Waals surface area contributed by atoms with E-state index in [9.17, 15) is 4.79 Å². The van der Waals surface area contributed by atoms with E-state index in [1.165, 1.54) is 0 Å². The van der Waals surface area contributed by atoms with E-state index in [4.69, 9.17) is 16.6 Å². The summed E-state index contributed by atoms with van der Waals surface area (Å²) in [7, 11) is 0. The van der Waals surface area contributed by atoms with Crippen LogP contribution in [0.25, 0.3) is 55.6 Å². The van der Waals surface area contributed by atoms with Gasteiger partial charge in [0.25, 0.3) is 0 Å². The smallest absolute Gasteiger partial charge is 0.191 e. The molecule has 1 N–H and O–H groups in total. The zero-order valence-corrected chi connectivity index (χ0v) is 18.6. The van der Waals surface area contributed by atoms with E-state index in [0.717, 1.165) is 38.9 Å². The van der Waals surface area contributed by atoms with E-state index >= 15 is 0 Å². The van der Waals surface area contributed by atoms with Gasteiger partial charge in [0.05, 0.1) is 27.3 Å². The maximum atomic E-state index is 13.2. The fourth-order valence-corrected chi connectivity index (χ4v) is 4.46. The Morgan fingerprint density at radius 1 is 0.794 bits per heavy atom. The van der Waals surface area contributed by atoms with E-state index in [-0.39, 0.29) is 5.43 Å².